The second kappa shape index (κ2) is 7.44. The number of amides is 1. The fraction of sp³-hybridized carbons (Fsp3) is 0.143. The molecule has 0 saturated carbocycles. The number of ether oxygens (including phenoxy) is 1. The highest BCUT2D eigenvalue weighted by atomic mass is 32.1. The van der Waals surface area contributed by atoms with Crippen LogP contribution in [0.4, 0.5) is 9.52 Å². The van der Waals surface area contributed by atoms with Gasteiger partial charge < -0.3 is 9.15 Å². The number of nitrogens with zero attached hydrogens (tertiary/aromatic N) is 2. The SMILES string of the molecule is COc1ccc(C)c2sc(N(Cc3ccco3)C(=O)c3ccccc3F)nc12. The second-order valence-corrected chi connectivity index (χ2v) is 7.19. The van der Waals surface area contributed by atoms with Gasteiger partial charge in [-0.25, -0.2) is 9.37 Å². The van der Waals surface area contributed by atoms with Crippen molar-refractivity contribution in [1.82, 2.24) is 4.98 Å². The fourth-order valence-corrected chi connectivity index (χ4v) is 3.99. The maximum absolute atomic E-state index is 14.3. The van der Waals surface area contributed by atoms with Crippen LogP contribution in [0.15, 0.2) is 59.2 Å². The van der Waals surface area contributed by atoms with Crippen molar-refractivity contribution in [3.8, 4) is 5.75 Å². The van der Waals surface area contributed by atoms with Crippen molar-refractivity contribution in [3.05, 3.63) is 77.5 Å². The molecule has 0 spiro atoms. The number of benzene rings is 2. The van der Waals surface area contributed by atoms with Gasteiger partial charge in [0.2, 0.25) is 0 Å². The summed E-state index contributed by atoms with van der Waals surface area (Å²) >= 11 is 1.36. The van der Waals surface area contributed by atoms with Crippen molar-refractivity contribution in [1.29, 1.82) is 0 Å². The molecule has 0 aliphatic rings. The zero-order valence-corrected chi connectivity index (χ0v) is 16.1. The van der Waals surface area contributed by atoms with E-state index in [9.17, 15) is 9.18 Å². The Labute approximate surface area is 165 Å². The van der Waals surface area contributed by atoms with Crippen LogP contribution in [0.1, 0.15) is 21.7 Å². The lowest BCUT2D eigenvalue weighted by molar-refractivity contribution is 0.0979. The molecule has 2 aromatic heterocycles. The molecule has 4 rings (SSSR count). The number of aromatic nitrogens is 1. The first kappa shape index (κ1) is 18.2. The van der Waals surface area contributed by atoms with E-state index < -0.39 is 11.7 Å². The van der Waals surface area contributed by atoms with Crippen molar-refractivity contribution in [3.63, 3.8) is 0 Å². The topological polar surface area (TPSA) is 55.6 Å². The van der Waals surface area contributed by atoms with Gasteiger partial charge in [-0.1, -0.05) is 29.5 Å². The van der Waals surface area contributed by atoms with Crippen LogP contribution in [0.3, 0.4) is 0 Å². The predicted molar refractivity (Wildman–Crippen MR) is 107 cm³/mol. The van der Waals surface area contributed by atoms with Gasteiger partial charge in [-0.05, 0) is 42.8 Å². The lowest BCUT2D eigenvalue weighted by atomic mass is 10.2. The van der Waals surface area contributed by atoms with Gasteiger partial charge in [0, 0.05) is 0 Å². The molecule has 142 valence electrons. The molecule has 0 aliphatic carbocycles. The molecule has 7 heteroatoms. The number of fused-ring (bicyclic) bond motifs is 1. The Morgan fingerprint density at radius 3 is 2.75 bits per heavy atom. The number of furan rings is 1. The second-order valence-electron chi connectivity index (χ2n) is 6.21. The van der Waals surface area contributed by atoms with Gasteiger partial charge in [0.05, 0.1) is 30.2 Å². The van der Waals surface area contributed by atoms with Crippen LogP contribution in [-0.4, -0.2) is 18.0 Å². The normalized spacial score (nSPS) is 11.0. The van der Waals surface area contributed by atoms with Crippen LogP contribution in [-0.2, 0) is 6.54 Å². The van der Waals surface area contributed by atoms with E-state index in [4.69, 9.17) is 9.15 Å². The Balaban J connectivity index is 1.84. The van der Waals surface area contributed by atoms with E-state index in [0.29, 0.717) is 22.2 Å². The zero-order valence-electron chi connectivity index (χ0n) is 15.3. The Hall–Kier alpha value is -3.19. The molecular formula is C21H17FN2O3S. The van der Waals surface area contributed by atoms with Crippen molar-refractivity contribution in [2.45, 2.75) is 13.5 Å². The lowest BCUT2D eigenvalue weighted by Gasteiger charge is -2.19. The third-order valence-electron chi connectivity index (χ3n) is 4.39. The number of carbonyl (C=O) groups excluding carboxylic acids is 1. The molecule has 4 aromatic rings. The van der Waals surface area contributed by atoms with Crippen molar-refractivity contribution in [2.24, 2.45) is 0 Å². The maximum atomic E-state index is 14.3. The number of hydrogen-bond donors (Lipinski definition) is 0. The van der Waals surface area contributed by atoms with E-state index >= 15 is 0 Å². The maximum Gasteiger partial charge on any atom is 0.263 e. The van der Waals surface area contributed by atoms with E-state index in [2.05, 4.69) is 4.98 Å². The summed E-state index contributed by atoms with van der Waals surface area (Å²) in [6.45, 7) is 2.11. The van der Waals surface area contributed by atoms with Crippen molar-refractivity contribution >= 4 is 32.6 Å². The standard InChI is InChI=1S/C21H17FN2O3S/c1-13-9-10-17(26-2)18-19(13)28-21(23-18)24(12-14-6-5-11-27-14)20(25)15-7-3-4-8-16(15)22/h3-11H,12H2,1-2H3. The zero-order chi connectivity index (χ0) is 19.7. The largest absolute Gasteiger partial charge is 0.494 e. The summed E-state index contributed by atoms with van der Waals surface area (Å²) in [5, 5.41) is 0.451. The van der Waals surface area contributed by atoms with Gasteiger partial charge in [-0.15, -0.1) is 0 Å². The highest BCUT2D eigenvalue weighted by molar-refractivity contribution is 7.22. The van der Waals surface area contributed by atoms with Crippen LogP contribution in [0.5, 0.6) is 5.75 Å². The number of anilines is 1. The minimum absolute atomic E-state index is 0.0167. The number of methoxy groups -OCH3 is 1. The third kappa shape index (κ3) is 3.25. The fourth-order valence-electron chi connectivity index (χ4n) is 2.94. The van der Waals surface area contributed by atoms with Gasteiger partial charge in [-0.2, -0.15) is 0 Å². The highest BCUT2D eigenvalue weighted by Gasteiger charge is 2.25. The van der Waals surface area contributed by atoms with Gasteiger partial charge in [-0.3, -0.25) is 9.69 Å². The molecule has 0 saturated heterocycles. The van der Waals surface area contributed by atoms with Crippen molar-refractivity contribution < 1.29 is 18.3 Å². The molecule has 0 atom stereocenters. The van der Waals surface area contributed by atoms with Crippen LogP contribution in [0.25, 0.3) is 10.2 Å². The van der Waals surface area contributed by atoms with E-state index in [1.54, 1.807) is 31.4 Å². The number of carbonyl (C=O) groups is 1. The molecule has 0 radical (unpaired) electrons. The quantitative estimate of drug-likeness (QED) is 0.466. The summed E-state index contributed by atoms with van der Waals surface area (Å²) in [5.41, 5.74) is 1.68. The Bertz CT molecular complexity index is 1140. The number of rotatable bonds is 5. The summed E-state index contributed by atoms with van der Waals surface area (Å²) < 4.78 is 26.0. The molecule has 0 aliphatic heterocycles. The molecule has 0 bridgehead atoms. The Kier molecular flexibility index (Phi) is 4.83. The first-order chi connectivity index (χ1) is 13.6. The molecule has 2 heterocycles. The predicted octanol–water partition coefficient (Wildman–Crippen LogP) is 5.19. The minimum atomic E-state index is -0.577. The van der Waals surface area contributed by atoms with Crippen LogP contribution >= 0.6 is 11.3 Å². The van der Waals surface area contributed by atoms with Gasteiger partial charge in [0.15, 0.2) is 5.13 Å². The number of thiazole rings is 1. The highest BCUT2D eigenvalue weighted by Crippen LogP contribution is 2.37. The Morgan fingerprint density at radius 1 is 1.21 bits per heavy atom. The average molecular weight is 396 g/mol. The molecule has 2 aromatic carbocycles. The summed E-state index contributed by atoms with van der Waals surface area (Å²) in [5.74, 6) is 0.143. The van der Waals surface area contributed by atoms with E-state index in [0.717, 1.165) is 10.3 Å². The number of halogens is 1. The molecule has 28 heavy (non-hydrogen) atoms. The smallest absolute Gasteiger partial charge is 0.263 e. The number of aryl methyl sites for hydroxylation is 1. The Morgan fingerprint density at radius 2 is 2.04 bits per heavy atom. The molecule has 0 unspecified atom stereocenters. The van der Waals surface area contributed by atoms with Crippen molar-refractivity contribution in [2.75, 3.05) is 12.0 Å². The molecule has 0 N–H and O–H groups in total. The van der Waals surface area contributed by atoms with Gasteiger partial charge in [0.1, 0.15) is 22.8 Å². The summed E-state index contributed by atoms with van der Waals surface area (Å²) in [7, 11) is 1.58. The molecular weight excluding hydrogens is 379 g/mol. The summed E-state index contributed by atoms with van der Waals surface area (Å²) in [4.78, 5) is 19.3. The van der Waals surface area contributed by atoms with Gasteiger partial charge >= 0.3 is 0 Å². The van der Waals surface area contributed by atoms with Crippen LogP contribution < -0.4 is 9.64 Å². The van der Waals surface area contributed by atoms with Gasteiger partial charge in [0.25, 0.3) is 5.91 Å². The van der Waals surface area contributed by atoms with Crippen LogP contribution in [0.2, 0.25) is 0 Å². The molecule has 5 nitrogen and oxygen atoms in total. The van der Waals surface area contributed by atoms with E-state index in [-0.39, 0.29) is 12.1 Å². The number of hydrogen-bond acceptors (Lipinski definition) is 5. The van der Waals surface area contributed by atoms with E-state index in [1.807, 2.05) is 19.1 Å². The average Bonchev–Trinajstić information content (AvgIpc) is 3.36. The third-order valence-corrected chi connectivity index (χ3v) is 5.60. The lowest BCUT2D eigenvalue weighted by Crippen LogP contribution is -2.30. The van der Waals surface area contributed by atoms with Crippen LogP contribution in [0, 0.1) is 12.7 Å². The molecule has 0 fully saturated rings. The first-order valence-electron chi connectivity index (χ1n) is 8.61. The summed E-state index contributed by atoms with van der Waals surface area (Å²) in [6.07, 6.45) is 1.53. The summed E-state index contributed by atoms with van der Waals surface area (Å²) in [6, 6.07) is 13.2. The first-order valence-corrected chi connectivity index (χ1v) is 9.43. The molecule has 1 amide bonds. The van der Waals surface area contributed by atoms with E-state index in [1.165, 1.54) is 34.6 Å². The monoisotopic (exact) mass is 396 g/mol. The minimum Gasteiger partial charge on any atom is -0.494 e.